The van der Waals surface area contributed by atoms with Crippen LogP contribution in [0.1, 0.15) is 19.3 Å². The lowest BCUT2D eigenvalue weighted by Gasteiger charge is -2.27. The van der Waals surface area contributed by atoms with E-state index in [0.717, 1.165) is 38.1 Å². The smallest absolute Gasteiger partial charge is 0.261 e. The molecule has 110 valence electrons. The maximum atomic E-state index is 12.4. The topological polar surface area (TPSA) is 41.6 Å². The van der Waals surface area contributed by atoms with Gasteiger partial charge in [0.1, 0.15) is 5.75 Å². The zero-order chi connectivity index (χ0) is 13.1. The van der Waals surface area contributed by atoms with E-state index in [2.05, 4.69) is 10.2 Å². The standard InChI is InChI=1S/C15H20N2O2.ClH/c18-15(11-19-14-4-2-1-3-5-14)17-12-6-7-13(17)10-16-9-8-12;/h1-5,12-13,16H,6-11H2;1H. The summed E-state index contributed by atoms with van der Waals surface area (Å²) in [6.45, 7) is 2.09. The molecule has 3 rings (SSSR count). The van der Waals surface area contributed by atoms with Crippen LogP contribution in [-0.2, 0) is 4.79 Å². The van der Waals surface area contributed by atoms with E-state index in [1.807, 2.05) is 30.3 Å². The van der Waals surface area contributed by atoms with E-state index in [4.69, 9.17) is 4.74 Å². The lowest BCUT2D eigenvalue weighted by Crippen LogP contribution is -2.44. The first-order valence-electron chi connectivity index (χ1n) is 7.04. The molecule has 1 N–H and O–H groups in total. The first kappa shape index (κ1) is 15.1. The Hall–Kier alpha value is -1.26. The summed E-state index contributed by atoms with van der Waals surface area (Å²) in [6, 6.07) is 10.3. The second-order valence-electron chi connectivity index (χ2n) is 5.28. The van der Waals surface area contributed by atoms with Crippen molar-refractivity contribution in [1.29, 1.82) is 0 Å². The lowest BCUT2D eigenvalue weighted by atomic mass is 10.1. The molecule has 2 heterocycles. The fourth-order valence-corrected chi connectivity index (χ4v) is 3.13. The average molecular weight is 297 g/mol. The molecule has 2 aliphatic rings. The van der Waals surface area contributed by atoms with Crippen LogP contribution >= 0.6 is 12.4 Å². The first-order valence-corrected chi connectivity index (χ1v) is 7.04. The second kappa shape index (κ2) is 6.95. The molecule has 1 amide bonds. The Labute approximate surface area is 125 Å². The molecule has 0 radical (unpaired) electrons. The summed E-state index contributed by atoms with van der Waals surface area (Å²) in [5, 5.41) is 3.40. The molecule has 20 heavy (non-hydrogen) atoms. The summed E-state index contributed by atoms with van der Waals surface area (Å²) in [5.74, 6) is 0.885. The van der Waals surface area contributed by atoms with Gasteiger partial charge in [-0.25, -0.2) is 0 Å². The van der Waals surface area contributed by atoms with E-state index in [0.29, 0.717) is 12.1 Å². The van der Waals surface area contributed by atoms with Crippen LogP contribution in [0.2, 0.25) is 0 Å². The summed E-state index contributed by atoms with van der Waals surface area (Å²) in [6.07, 6.45) is 3.33. The predicted molar refractivity (Wildman–Crippen MR) is 80.3 cm³/mol. The molecular weight excluding hydrogens is 276 g/mol. The molecule has 2 unspecified atom stereocenters. The maximum absolute atomic E-state index is 12.4. The zero-order valence-corrected chi connectivity index (χ0v) is 12.3. The number of amides is 1. The van der Waals surface area contributed by atoms with Crippen LogP contribution in [0.5, 0.6) is 5.75 Å². The minimum absolute atomic E-state index is 0. The zero-order valence-electron chi connectivity index (χ0n) is 11.5. The number of rotatable bonds is 3. The minimum Gasteiger partial charge on any atom is -0.484 e. The number of halogens is 1. The molecule has 2 bridgehead atoms. The molecule has 2 atom stereocenters. The number of fused-ring (bicyclic) bond motifs is 2. The Morgan fingerprint density at radius 1 is 1.20 bits per heavy atom. The van der Waals surface area contributed by atoms with Crippen molar-refractivity contribution < 1.29 is 9.53 Å². The number of carbonyl (C=O) groups is 1. The molecule has 4 nitrogen and oxygen atoms in total. The molecule has 0 spiro atoms. The summed E-state index contributed by atoms with van der Waals surface area (Å²) in [4.78, 5) is 14.4. The SMILES string of the molecule is Cl.O=C(COc1ccccc1)N1C2CCNCC1CC2. The normalized spacial score (nSPS) is 24.7. The predicted octanol–water partition coefficient (Wildman–Crippen LogP) is 1.84. The van der Waals surface area contributed by atoms with Crippen LogP contribution in [0, 0.1) is 0 Å². The van der Waals surface area contributed by atoms with Crippen molar-refractivity contribution >= 4 is 18.3 Å². The van der Waals surface area contributed by atoms with Gasteiger partial charge in [0.05, 0.1) is 0 Å². The van der Waals surface area contributed by atoms with Crippen LogP contribution in [0.3, 0.4) is 0 Å². The quantitative estimate of drug-likeness (QED) is 0.925. The average Bonchev–Trinajstić information content (AvgIpc) is 2.71. The monoisotopic (exact) mass is 296 g/mol. The van der Waals surface area contributed by atoms with Gasteiger partial charge in [0.25, 0.3) is 5.91 Å². The van der Waals surface area contributed by atoms with E-state index in [9.17, 15) is 4.79 Å². The molecule has 2 fully saturated rings. The van der Waals surface area contributed by atoms with Gasteiger partial charge < -0.3 is 15.0 Å². The third-order valence-electron chi connectivity index (χ3n) is 4.05. The summed E-state index contributed by atoms with van der Waals surface area (Å²) < 4.78 is 5.57. The molecule has 2 saturated heterocycles. The third kappa shape index (κ3) is 3.25. The Bertz CT molecular complexity index is 427. The van der Waals surface area contributed by atoms with Crippen LogP contribution in [0.25, 0.3) is 0 Å². The number of ether oxygens (including phenoxy) is 1. The molecule has 5 heteroatoms. The Balaban J connectivity index is 0.00000147. The van der Waals surface area contributed by atoms with Crippen molar-refractivity contribution in [3.63, 3.8) is 0 Å². The van der Waals surface area contributed by atoms with Gasteiger partial charge in [0, 0.05) is 18.6 Å². The van der Waals surface area contributed by atoms with Crippen molar-refractivity contribution in [2.24, 2.45) is 0 Å². The van der Waals surface area contributed by atoms with Gasteiger partial charge in [-0.15, -0.1) is 12.4 Å². The lowest BCUT2D eigenvalue weighted by molar-refractivity contribution is -0.136. The van der Waals surface area contributed by atoms with E-state index >= 15 is 0 Å². The van der Waals surface area contributed by atoms with Gasteiger partial charge in [0.15, 0.2) is 6.61 Å². The number of benzene rings is 1. The van der Waals surface area contributed by atoms with Crippen molar-refractivity contribution in [2.45, 2.75) is 31.3 Å². The van der Waals surface area contributed by atoms with Gasteiger partial charge in [-0.1, -0.05) is 18.2 Å². The highest BCUT2D eigenvalue weighted by Crippen LogP contribution is 2.28. The highest BCUT2D eigenvalue weighted by Gasteiger charge is 2.37. The summed E-state index contributed by atoms with van der Waals surface area (Å²) >= 11 is 0. The van der Waals surface area contributed by atoms with Crippen molar-refractivity contribution in [2.75, 3.05) is 19.7 Å². The van der Waals surface area contributed by atoms with Crippen LogP contribution < -0.4 is 10.1 Å². The van der Waals surface area contributed by atoms with E-state index < -0.39 is 0 Å². The highest BCUT2D eigenvalue weighted by atomic mass is 35.5. The molecule has 2 aliphatic heterocycles. The molecule has 0 saturated carbocycles. The first-order chi connectivity index (χ1) is 9.34. The van der Waals surface area contributed by atoms with Crippen LogP contribution in [-0.4, -0.2) is 42.6 Å². The molecule has 1 aromatic rings. The van der Waals surface area contributed by atoms with Gasteiger partial charge in [-0.05, 0) is 37.9 Å². The summed E-state index contributed by atoms with van der Waals surface area (Å²) in [5.41, 5.74) is 0. The van der Waals surface area contributed by atoms with Gasteiger partial charge in [-0.2, -0.15) is 0 Å². The van der Waals surface area contributed by atoms with Gasteiger partial charge >= 0.3 is 0 Å². The van der Waals surface area contributed by atoms with Crippen LogP contribution in [0.15, 0.2) is 30.3 Å². The fraction of sp³-hybridized carbons (Fsp3) is 0.533. The van der Waals surface area contributed by atoms with Gasteiger partial charge in [-0.3, -0.25) is 4.79 Å². The van der Waals surface area contributed by atoms with E-state index in [-0.39, 0.29) is 24.9 Å². The number of para-hydroxylation sites is 1. The van der Waals surface area contributed by atoms with Crippen LogP contribution in [0.4, 0.5) is 0 Å². The Kier molecular flexibility index (Phi) is 5.26. The maximum Gasteiger partial charge on any atom is 0.261 e. The van der Waals surface area contributed by atoms with Crippen molar-refractivity contribution in [3.05, 3.63) is 30.3 Å². The number of nitrogens with zero attached hydrogens (tertiary/aromatic N) is 1. The van der Waals surface area contributed by atoms with Crippen molar-refractivity contribution in [1.82, 2.24) is 10.2 Å². The number of nitrogens with one attached hydrogen (secondary N) is 1. The Morgan fingerprint density at radius 3 is 2.75 bits per heavy atom. The third-order valence-corrected chi connectivity index (χ3v) is 4.05. The van der Waals surface area contributed by atoms with E-state index in [1.165, 1.54) is 0 Å². The number of hydrogen-bond donors (Lipinski definition) is 1. The van der Waals surface area contributed by atoms with Gasteiger partial charge in [0.2, 0.25) is 0 Å². The largest absolute Gasteiger partial charge is 0.484 e. The van der Waals surface area contributed by atoms with E-state index in [1.54, 1.807) is 0 Å². The second-order valence-corrected chi connectivity index (χ2v) is 5.28. The molecule has 0 aliphatic carbocycles. The summed E-state index contributed by atoms with van der Waals surface area (Å²) in [7, 11) is 0. The fourth-order valence-electron chi connectivity index (χ4n) is 3.13. The molecule has 1 aromatic carbocycles. The highest BCUT2D eigenvalue weighted by molar-refractivity contribution is 5.85. The molecule has 0 aromatic heterocycles. The minimum atomic E-state index is 0. The number of hydrogen-bond acceptors (Lipinski definition) is 3. The molecular formula is C15H21ClN2O2. The number of carbonyl (C=O) groups excluding carboxylic acids is 1. The Morgan fingerprint density at radius 2 is 1.95 bits per heavy atom. The van der Waals surface area contributed by atoms with Crippen molar-refractivity contribution in [3.8, 4) is 5.75 Å².